The van der Waals surface area contributed by atoms with Crippen LogP contribution >= 0.6 is 0 Å². The van der Waals surface area contributed by atoms with Crippen LogP contribution in [0.4, 0.5) is 10.1 Å². The first-order valence-electron chi connectivity index (χ1n) is 8.15. The predicted molar refractivity (Wildman–Crippen MR) is 94.2 cm³/mol. The van der Waals surface area contributed by atoms with Crippen molar-refractivity contribution in [3.63, 3.8) is 0 Å². The number of carbonyl (C=O) groups excluding carboxylic acids is 2. The number of halogens is 1. The Morgan fingerprint density at radius 2 is 1.88 bits per heavy atom. The zero-order valence-corrected chi connectivity index (χ0v) is 14.0. The topological polar surface area (TPSA) is 67.4 Å². The molecule has 6 heteroatoms. The molecular weight excluding hydrogens is 323 g/mol. The van der Waals surface area contributed by atoms with Crippen LogP contribution in [0.2, 0.25) is 0 Å². The van der Waals surface area contributed by atoms with Crippen LogP contribution in [0.15, 0.2) is 48.5 Å². The lowest BCUT2D eigenvalue weighted by Gasteiger charge is -2.11. The maximum Gasteiger partial charge on any atom is 0.251 e. The van der Waals surface area contributed by atoms with Crippen LogP contribution in [-0.2, 0) is 4.79 Å². The summed E-state index contributed by atoms with van der Waals surface area (Å²) >= 11 is 0. The van der Waals surface area contributed by atoms with Gasteiger partial charge < -0.3 is 15.4 Å². The van der Waals surface area contributed by atoms with E-state index >= 15 is 0 Å². The Morgan fingerprint density at radius 3 is 2.60 bits per heavy atom. The van der Waals surface area contributed by atoms with E-state index in [1.165, 1.54) is 18.2 Å². The number of nitrogens with one attached hydrogen (secondary N) is 2. The smallest absolute Gasteiger partial charge is 0.251 e. The molecule has 2 rings (SSSR count). The van der Waals surface area contributed by atoms with Crippen molar-refractivity contribution in [2.45, 2.75) is 19.8 Å². The van der Waals surface area contributed by atoms with E-state index in [1.54, 1.807) is 31.2 Å². The SMILES string of the molecule is CCOc1cc(F)ccc1NC(=O)CCCNC(=O)c1ccccc1. The summed E-state index contributed by atoms with van der Waals surface area (Å²) in [5, 5.41) is 5.46. The Hall–Kier alpha value is -2.89. The summed E-state index contributed by atoms with van der Waals surface area (Å²) in [5.41, 5.74) is 1.01. The van der Waals surface area contributed by atoms with Gasteiger partial charge in [-0.1, -0.05) is 18.2 Å². The Kier molecular flexibility index (Phi) is 6.95. The fraction of sp³-hybridized carbons (Fsp3) is 0.263. The molecule has 0 aromatic heterocycles. The zero-order valence-electron chi connectivity index (χ0n) is 14.0. The van der Waals surface area contributed by atoms with Crippen molar-refractivity contribution in [1.29, 1.82) is 0 Å². The van der Waals surface area contributed by atoms with Gasteiger partial charge in [-0.25, -0.2) is 4.39 Å². The average Bonchev–Trinajstić information content (AvgIpc) is 2.62. The van der Waals surface area contributed by atoms with Crippen LogP contribution in [0.5, 0.6) is 5.75 Å². The molecule has 0 spiro atoms. The van der Waals surface area contributed by atoms with Gasteiger partial charge in [-0.15, -0.1) is 0 Å². The van der Waals surface area contributed by atoms with Gasteiger partial charge in [0.15, 0.2) is 0 Å². The normalized spacial score (nSPS) is 10.2. The van der Waals surface area contributed by atoms with Crippen LogP contribution in [0.3, 0.4) is 0 Å². The fourth-order valence-electron chi connectivity index (χ4n) is 2.23. The summed E-state index contributed by atoms with van der Waals surface area (Å²) in [6.07, 6.45) is 0.730. The van der Waals surface area contributed by atoms with Gasteiger partial charge in [-0.05, 0) is 37.6 Å². The van der Waals surface area contributed by atoms with Crippen molar-refractivity contribution >= 4 is 17.5 Å². The van der Waals surface area contributed by atoms with Crippen LogP contribution < -0.4 is 15.4 Å². The van der Waals surface area contributed by atoms with Crippen molar-refractivity contribution in [1.82, 2.24) is 5.32 Å². The molecule has 2 N–H and O–H groups in total. The number of carbonyl (C=O) groups is 2. The molecule has 0 aliphatic carbocycles. The van der Waals surface area contributed by atoms with Crippen molar-refractivity contribution in [2.75, 3.05) is 18.5 Å². The second kappa shape index (κ2) is 9.42. The lowest BCUT2D eigenvalue weighted by Crippen LogP contribution is -2.25. The molecule has 0 bridgehead atoms. The summed E-state index contributed by atoms with van der Waals surface area (Å²) in [6, 6.07) is 12.8. The minimum Gasteiger partial charge on any atom is -0.492 e. The van der Waals surface area contributed by atoms with Crippen LogP contribution in [0.1, 0.15) is 30.1 Å². The molecule has 0 saturated heterocycles. The molecule has 5 nitrogen and oxygen atoms in total. The van der Waals surface area contributed by atoms with Gasteiger partial charge in [0.25, 0.3) is 5.91 Å². The van der Waals surface area contributed by atoms with Gasteiger partial charge in [-0.2, -0.15) is 0 Å². The Bertz CT molecular complexity index is 720. The van der Waals surface area contributed by atoms with Gasteiger partial charge in [0.1, 0.15) is 11.6 Å². The van der Waals surface area contributed by atoms with Gasteiger partial charge in [0.2, 0.25) is 5.91 Å². The highest BCUT2D eigenvalue weighted by Crippen LogP contribution is 2.25. The minimum atomic E-state index is -0.426. The predicted octanol–water partition coefficient (Wildman–Crippen LogP) is 3.37. The third-order valence-corrected chi connectivity index (χ3v) is 3.42. The number of rotatable bonds is 8. The first kappa shape index (κ1) is 18.4. The van der Waals surface area contributed by atoms with Crippen molar-refractivity contribution < 1.29 is 18.7 Å². The summed E-state index contributed by atoms with van der Waals surface area (Å²) in [5.74, 6) is -0.516. The fourth-order valence-corrected chi connectivity index (χ4v) is 2.23. The van der Waals surface area contributed by atoms with Gasteiger partial charge in [0, 0.05) is 24.6 Å². The summed E-state index contributed by atoms with van der Waals surface area (Å²) < 4.78 is 18.6. The van der Waals surface area contributed by atoms with Gasteiger partial charge >= 0.3 is 0 Å². The lowest BCUT2D eigenvalue weighted by molar-refractivity contribution is -0.116. The number of hydrogen-bond donors (Lipinski definition) is 2. The zero-order chi connectivity index (χ0) is 18.1. The summed E-state index contributed by atoms with van der Waals surface area (Å²) in [7, 11) is 0. The third kappa shape index (κ3) is 5.91. The first-order valence-corrected chi connectivity index (χ1v) is 8.15. The van der Waals surface area contributed by atoms with Crippen LogP contribution in [0.25, 0.3) is 0 Å². The number of amides is 2. The molecule has 132 valence electrons. The van der Waals surface area contributed by atoms with E-state index in [0.717, 1.165) is 0 Å². The van der Waals surface area contributed by atoms with Gasteiger partial charge in [-0.3, -0.25) is 9.59 Å². The third-order valence-electron chi connectivity index (χ3n) is 3.42. The second-order valence-electron chi connectivity index (χ2n) is 5.35. The van der Waals surface area contributed by atoms with Crippen LogP contribution in [-0.4, -0.2) is 25.0 Å². The van der Waals surface area contributed by atoms with E-state index in [9.17, 15) is 14.0 Å². The molecular formula is C19H21FN2O3. The Morgan fingerprint density at radius 1 is 1.12 bits per heavy atom. The number of benzene rings is 2. The maximum atomic E-state index is 13.2. The number of hydrogen-bond acceptors (Lipinski definition) is 3. The molecule has 0 unspecified atom stereocenters. The van der Waals surface area contributed by atoms with Crippen LogP contribution in [0, 0.1) is 5.82 Å². The standard InChI is InChI=1S/C19H21FN2O3/c1-2-25-17-13-15(20)10-11-16(17)22-18(23)9-6-12-21-19(24)14-7-4-3-5-8-14/h3-5,7-8,10-11,13H,2,6,9,12H2,1H3,(H,21,24)(H,22,23). The van der Waals surface area contributed by atoms with Crippen molar-refractivity contribution in [3.8, 4) is 5.75 Å². The van der Waals surface area contributed by atoms with E-state index in [2.05, 4.69) is 10.6 Å². The lowest BCUT2D eigenvalue weighted by atomic mass is 10.2. The molecule has 0 aliphatic rings. The van der Waals surface area contributed by atoms with E-state index in [4.69, 9.17) is 4.74 Å². The molecule has 0 aliphatic heterocycles. The first-order chi connectivity index (χ1) is 12.1. The molecule has 0 heterocycles. The van der Waals surface area contributed by atoms with E-state index in [0.29, 0.717) is 36.6 Å². The highest BCUT2D eigenvalue weighted by atomic mass is 19.1. The molecule has 2 aromatic carbocycles. The monoisotopic (exact) mass is 344 g/mol. The Labute approximate surface area is 146 Å². The van der Waals surface area contributed by atoms with Gasteiger partial charge in [0.05, 0.1) is 12.3 Å². The Balaban J connectivity index is 1.77. The highest BCUT2D eigenvalue weighted by Gasteiger charge is 2.09. The van der Waals surface area contributed by atoms with E-state index in [-0.39, 0.29) is 18.2 Å². The largest absolute Gasteiger partial charge is 0.492 e. The molecule has 0 radical (unpaired) electrons. The molecule has 25 heavy (non-hydrogen) atoms. The van der Waals surface area contributed by atoms with E-state index in [1.807, 2.05) is 6.07 Å². The minimum absolute atomic E-state index is 0.168. The molecule has 0 fully saturated rings. The molecule has 0 saturated carbocycles. The average molecular weight is 344 g/mol. The summed E-state index contributed by atoms with van der Waals surface area (Å²) in [4.78, 5) is 23.9. The molecule has 0 atom stereocenters. The quantitative estimate of drug-likeness (QED) is 0.722. The maximum absolute atomic E-state index is 13.2. The second-order valence-corrected chi connectivity index (χ2v) is 5.35. The van der Waals surface area contributed by atoms with Crippen molar-refractivity contribution in [3.05, 3.63) is 59.9 Å². The highest BCUT2D eigenvalue weighted by molar-refractivity contribution is 5.94. The molecule has 2 amide bonds. The number of anilines is 1. The molecule has 2 aromatic rings. The number of ether oxygens (including phenoxy) is 1. The van der Waals surface area contributed by atoms with Crippen molar-refractivity contribution in [2.24, 2.45) is 0 Å². The summed E-state index contributed by atoms with van der Waals surface area (Å²) in [6.45, 7) is 2.55. The van der Waals surface area contributed by atoms with E-state index < -0.39 is 5.82 Å².